The minimum absolute atomic E-state index is 0.374. The monoisotopic (exact) mass is 394 g/mol. The lowest BCUT2D eigenvalue weighted by atomic mass is 9.81. The van der Waals surface area contributed by atoms with Crippen molar-refractivity contribution in [1.82, 2.24) is 24.6 Å². The van der Waals surface area contributed by atoms with Crippen LogP contribution in [-0.2, 0) is 13.5 Å². The first kappa shape index (κ1) is 19.1. The molecule has 1 N–H and O–H groups in total. The van der Waals surface area contributed by atoms with Gasteiger partial charge in [-0.05, 0) is 62.3 Å². The Labute approximate surface area is 174 Å². The van der Waals surface area contributed by atoms with Gasteiger partial charge in [-0.3, -0.25) is 9.58 Å². The van der Waals surface area contributed by atoms with Gasteiger partial charge in [0.15, 0.2) is 0 Å². The molecule has 1 aliphatic carbocycles. The number of piperazine rings is 1. The van der Waals surface area contributed by atoms with Gasteiger partial charge in [-0.1, -0.05) is 0 Å². The first-order valence-electron chi connectivity index (χ1n) is 11.3. The molecular formula is C23H34N6. The predicted octanol–water partition coefficient (Wildman–Crippen LogP) is 2.72. The van der Waals surface area contributed by atoms with Gasteiger partial charge < -0.3 is 10.2 Å². The normalized spacial score (nSPS) is 28.3. The van der Waals surface area contributed by atoms with Crippen LogP contribution in [-0.4, -0.2) is 70.4 Å². The molecule has 3 aliphatic rings. The highest BCUT2D eigenvalue weighted by Gasteiger charge is 2.29. The van der Waals surface area contributed by atoms with Crippen LogP contribution in [0, 0.1) is 5.92 Å². The fraction of sp³-hybridized carbons (Fsp3) is 0.652. The van der Waals surface area contributed by atoms with Gasteiger partial charge in [0.2, 0.25) is 0 Å². The molecular weight excluding hydrogens is 360 g/mol. The SMILES string of the molecule is CN1CCN(C2CCC(Cc3cnc4c(c3)C(c3cnn(C)c3)CN4)CC2)CC1. The van der Waals surface area contributed by atoms with Crippen LogP contribution in [0.3, 0.4) is 0 Å². The van der Waals surface area contributed by atoms with Crippen molar-refractivity contribution in [1.29, 1.82) is 0 Å². The minimum Gasteiger partial charge on any atom is -0.369 e. The Bertz CT molecular complexity index is 830. The number of pyridine rings is 1. The number of anilines is 1. The minimum atomic E-state index is 0.374. The van der Waals surface area contributed by atoms with E-state index in [1.807, 2.05) is 17.9 Å². The summed E-state index contributed by atoms with van der Waals surface area (Å²) in [4.78, 5) is 9.95. The van der Waals surface area contributed by atoms with Crippen LogP contribution in [0.25, 0.3) is 0 Å². The fourth-order valence-corrected chi connectivity index (χ4v) is 5.51. The highest BCUT2D eigenvalue weighted by atomic mass is 15.3. The first-order chi connectivity index (χ1) is 14.2. The van der Waals surface area contributed by atoms with E-state index in [9.17, 15) is 0 Å². The van der Waals surface area contributed by atoms with E-state index >= 15 is 0 Å². The van der Waals surface area contributed by atoms with E-state index in [4.69, 9.17) is 4.98 Å². The smallest absolute Gasteiger partial charge is 0.129 e. The Balaban J connectivity index is 1.20. The number of aryl methyl sites for hydroxylation is 1. The first-order valence-corrected chi connectivity index (χ1v) is 11.3. The summed E-state index contributed by atoms with van der Waals surface area (Å²) in [5.74, 6) is 2.24. The van der Waals surface area contributed by atoms with Crippen molar-refractivity contribution in [3.63, 3.8) is 0 Å². The Hall–Kier alpha value is -1.92. The van der Waals surface area contributed by atoms with Crippen molar-refractivity contribution in [3.8, 4) is 0 Å². The average Bonchev–Trinajstić information content (AvgIpc) is 3.35. The summed E-state index contributed by atoms with van der Waals surface area (Å²) in [7, 11) is 4.23. The molecule has 0 radical (unpaired) electrons. The fourth-order valence-electron chi connectivity index (χ4n) is 5.51. The third-order valence-corrected chi connectivity index (χ3v) is 7.34. The van der Waals surface area contributed by atoms with E-state index < -0.39 is 0 Å². The zero-order chi connectivity index (χ0) is 19.8. The molecule has 6 heteroatoms. The second kappa shape index (κ2) is 8.07. The van der Waals surface area contributed by atoms with Gasteiger partial charge in [-0.25, -0.2) is 4.98 Å². The lowest BCUT2D eigenvalue weighted by Gasteiger charge is -2.41. The molecule has 1 saturated heterocycles. The highest BCUT2D eigenvalue weighted by Crippen LogP contribution is 2.36. The third kappa shape index (κ3) is 4.05. The summed E-state index contributed by atoms with van der Waals surface area (Å²) in [6.07, 6.45) is 12.9. The molecule has 2 aromatic rings. The summed E-state index contributed by atoms with van der Waals surface area (Å²) in [5, 5.41) is 7.84. The average molecular weight is 395 g/mol. The van der Waals surface area contributed by atoms with Crippen molar-refractivity contribution in [2.45, 2.75) is 44.1 Å². The topological polar surface area (TPSA) is 49.2 Å². The Morgan fingerprint density at radius 2 is 1.83 bits per heavy atom. The number of rotatable bonds is 4. The van der Waals surface area contributed by atoms with Crippen molar-refractivity contribution < 1.29 is 0 Å². The molecule has 156 valence electrons. The van der Waals surface area contributed by atoms with E-state index in [0.717, 1.165) is 24.3 Å². The van der Waals surface area contributed by atoms with Crippen molar-refractivity contribution in [2.75, 3.05) is 45.1 Å². The summed E-state index contributed by atoms with van der Waals surface area (Å²) >= 11 is 0. The Kier molecular flexibility index (Phi) is 5.31. The molecule has 4 heterocycles. The number of aromatic nitrogens is 3. The molecule has 0 amide bonds. The Morgan fingerprint density at radius 1 is 1.03 bits per heavy atom. The molecule has 6 nitrogen and oxygen atoms in total. The van der Waals surface area contributed by atoms with Crippen molar-refractivity contribution >= 4 is 5.82 Å². The molecule has 2 aromatic heterocycles. The molecule has 1 atom stereocenters. The van der Waals surface area contributed by atoms with E-state index in [1.165, 1.54) is 75.0 Å². The molecule has 29 heavy (non-hydrogen) atoms. The third-order valence-electron chi connectivity index (χ3n) is 7.34. The Morgan fingerprint density at radius 3 is 2.55 bits per heavy atom. The largest absolute Gasteiger partial charge is 0.369 e. The summed E-state index contributed by atoms with van der Waals surface area (Å²) in [6.45, 7) is 5.89. The number of likely N-dealkylation sites (N-methyl/N-ethyl adjacent to an activating group) is 1. The van der Waals surface area contributed by atoms with E-state index in [2.05, 4.69) is 45.7 Å². The second-order valence-corrected chi connectivity index (χ2v) is 9.38. The maximum atomic E-state index is 4.75. The standard InChI is InChI=1S/C23H34N6/c1-27-7-9-29(10-8-27)20-5-3-17(4-6-20)11-18-12-21-22(15-25-23(21)24-13-18)19-14-26-28(2)16-19/h12-14,16-17,20,22H,3-11,15H2,1-2H3,(H,24,25). The van der Waals surface area contributed by atoms with Gasteiger partial charge in [0.25, 0.3) is 0 Å². The van der Waals surface area contributed by atoms with Crippen molar-refractivity contribution in [3.05, 3.63) is 41.3 Å². The van der Waals surface area contributed by atoms with Crippen molar-refractivity contribution in [2.24, 2.45) is 13.0 Å². The second-order valence-electron chi connectivity index (χ2n) is 9.38. The number of nitrogens with zero attached hydrogens (tertiary/aromatic N) is 5. The van der Waals surface area contributed by atoms with Gasteiger partial charge in [0, 0.05) is 69.7 Å². The summed E-state index contributed by atoms with van der Waals surface area (Å²) in [6, 6.07) is 3.23. The molecule has 0 spiro atoms. The molecule has 2 fully saturated rings. The number of fused-ring (bicyclic) bond motifs is 1. The maximum absolute atomic E-state index is 4.75. The number of hydrogen-bond acceptors (Lipinski definition) is 5. The molecule has 0 aromatic carbocycles. The maximum Gasteiger partial charge on any atom is 0.129 e. The van der Waals surface area contributed by atoms with Gasteiger partial charge in [0.05, 0.1) is 6.20 Å². The number of nitrogens with one attached hydrogen (secondary N) is 1. The van der Waals surface area contributed by atoms with Crippen LogP contribution >= 0.6 is 0 Å². The predicted molar refractivity (Wildman–Crippen MR) is 116 cm³/mol. The molecule has 5 rings (SSSR count). The van der Waals surface area contributed by atoms with Crippen LogP contribution in [0.1, 0.15) is 48.3 Å². The summed E-state index contributed by atoms with van der Waals surface area (Å²) in [5.41, 5.74) is 4.04. The lowest BCUT2D eigenvalue weighted by Crippen LogP contribution is -2.49. The van der Waals surface area contributed by atoms with Gasteiger partial charge >= 0.3 is 0 Å². The molecule has 2 aliphatic heterocycles. The lowest BCUT2D eigenvalue weighted by molar-refractivity contribution is 0.0813. The number of hydrogen-bond donors (Lipinski definition) is 1. The van der Waals surface area contributed by atoms with Gasteiger partial charge in [0.1, 0.15) is 5.82 Å². The molecule has 1 unspecified atom stereocenters. The van der Waals surface area contributed by atoms with Gasteiger partial charge in [-0.2, -0.15) is 5.10 Å². The van der Waals surface area contributed by atoms with E-state index in [1.54, 1.807) is 0 Å². The van der Waals surface area contributed by atoms with Crippen LogP contribution in [0.2, 0.25) is 0 Å². The van der Waals surface area contributed by atoms with Crippen LogP contribution in [0.5, 0.6) is 0 Å². The van der Waals surface area contributed by atoms with Gasteiger partial charge in [-0.15, -0.1) is 0 Å². The van der Waals surface area contributed by atoms with Crippen LogP contribution in [0.4, 0.5) is 5.82 Å². The quantitative estimate of drug-likeness (QED) is 0.864. The van der Waals surface area contributed by atoms with E-state index in [0.29, 0.717) is 5.92 Å². The van der Waals surface area contributed by atoms with E-state index in [-0.39, 0.29) is 0 Å². The molecule has 0 bridgehead atoms. The zero-order valence-electron chi connectivity index (χ0n) is 17.8. The zero-order valence-corrected chi connectivity index (χ0v) is 17.8. The molecule has 1 saturated carbocycles. The van der Waals surface area contributed by atoms with Crippen LogP contribution < -0.4 is 5.32 Å². The van der Waals surface area contributed by atoms with Crippen LogP contribution in [0.15, 0.2) is 24.7 Å². The highest BCUT2D eigenvalue weighted by molar-refractivity contribution is 5.56. The summed E-state index contributed by atoms with van der Waals surface area (Å²) < 4.78 is 1.89.